The summed E-state index contributed by atoms with van der Waals surface area (Å²) in [6.07, 6.45) is 1.86. The van der Waals surface area contributed by atoms with Crippen molar-refractivity contribution in [2.45, 2.75) is 31.7 Å². The number of aryl methyl sites for hydroxylation is 1. The molecule has 0 spiro atoms. The van der Waals surface area contributed by atoms with Gasteiger partial charge in [-0.15, -0.1) is 23.1 Å². The minimum Gasteiger partial charge on any atom is -0.470 e. The fourth-order valence-corrected chi connectivity index (χ4v) is 3.66. The van der Waals surface area contributed by atoms with Crippen LogP contribution < -0.4 is 15.5 Å². The molecule has 1 amide bonds. The SMILES string of the molecule is CONCC(C)(C)NC(=O)C(Oc1cc(C)c2sccc2c1)SC. The molecule has 0 aliphatic carbocycles. The molecule has 2 N–H and O–H groups in total. The first-order valence-electron chi connectivity index (χ1n) is 7.61. The first kappa shape index (κ1) is 19.1. The molecule has 0 bridgehead atoms. The first-order valence-corrected chi connectivity index (χ1v) is 9.78. The number of hydroxylamine groups is 1. The first-order chi connectivity index (χ1) is 11.4. The molecule has 132 valence electrons. The number of hydrogen-bond donors (Lipinski definition) is 2. The highest BCUT2D eigenvalue weighted by molar-refractivity contribution is 7.99. The van der Waals surface area contributed by atoms with E-state index in [0.717, 1.165) is 10.9 Å². The van der Waals surface area contributed by atoms with Crippen molar-refractivity contribution in [3.63, 3.8) is 0 Å². The monoisotopic (exact) mass is 368 g/mol. The number of nitrogens with one attached hydrogen (secondary N) is 2. The molecule has 2 aromatic rings. The van der Waals surface area contributed by atoms with Gasteiger partial charge in [-0.05, 0) is 61.6 Å². The molecule has 0 saturated heterocycles. The Balaban J connectivity index is 2.08. The average Bonchev–Trinajstić information content (AvgIpc) is 2.99. The van der Waals surface area contributed by atoms with Crippen molar-refractivity contribution in [3.8, 4) is 5.75 Å². The van der Waals surface area contributed by atoms with Crippen LogP contribution in [0.4, 0.5) is 0 Å². The van der Waals surface area contributed by atoms with E-state index in [1.54, 1.807) is 18.4 Å². The fourth-order valence-electron chi connectivity index (χ4n) is 2.32. The van der Waals surface area contributed by atoms with Gasteiger partial charge in [0.15, 0.2) is 0 Å². The zero-order valence-corrected chi connectivity index (χ0v) is 16.3. The molecule has 24 heavy (non-hydrogen) atoms. The van der Waals surface area contributed by atoms with Crippen molar-refractivity contribution < 1.29 is 14.4 Å². The third-order valence-electron chi connectivity index (χ3n) is 3.50. The van der Waals surface area contributed by atoms with Gasteiger partial charge in [0.25, 0.3) is 5.91 Å². The Bertz CT molecular complexity index is 700. The van der Waals surface area contributed by atoms with Gasteiger partial charge in [0.05, 0.1) is 7.11 Å². The van der Waals surface area contributed by atoms with Crippen molar-refractivity contribution in [1.29, 1.82) is 0 Å². The molecule has 1 atom stereocenters. The van der Waals surface area contributed by atoms with Crippen molar-refractivity contribution in [1.82, 2.24) is 10.8 Å². The minimum absolute atomic E-state index is 0.159. The van der Waals surface area contributed by atoms with E-state index in [4.69, 9.17) is 9.57 Å². The molecule has 0 aliphatic heterocycles. The maximum atomic E-state index is 12.5. The minimum atomic E-state index is -0.609. The van der Waals surface area contributed by atoms with Gasteiger partial charge in [0, 0.05) is 16.8 Å². The predicted molar refractivity (Wildman–Crippen MR) is 102 cm³/mol. The standard InChI is InChI=1S/C17H24N2O3S2/c1-11-8-13(9-12-6-7-24-14(11)12)22-16(23-5)15(20)19-17(2,3)10-18-21-4/h6-9,16,18H,10H2,1-5H3,(H,19,20). The van der Waals surface area contributed by atoms with E-state index in [1.165, 1.54) is 16.5 Å². The van der Waals surface area contributed by atoms with Gasteiger partial charge >= 0.3 is 0 Å². The second-order valence-electron chi connectivity index (χ2n) is 6.16. The number of thiophene rings is 1. The van der Waals surface area contributed by atoms with Gasteiger partial charge < -0.3 is 14.9 Å². The molecular formula is C17H24N2O3S2. The second-order valence-corrected chi connectivity index (χ2v) is 7.98. The highest BCUT2D eigenvalue weighted by Crippen LogP contribution is 2.30. The zero-order chi connectivity index (χ0) is 17.7. The fraction of sp³-hybridized carbons (Fsp3) is 0.471. The Morgan fingerprint density at radius 3 is 2.83 bits per heavy atom. The van der Waals surface area contributed by atoms with Crippen LogP contribution in [0.25, 0.3) is 10.1 Å². The molecule has 0 aliphatic rings. The smallest absolute Gasteiger partial charge is 0.272 e. The lowest BCUT2D eigenvalue weighted by Gasteiger charge is -2.28. The van der Waals surface area contributed by atoms with Gasteiger partial charge in [-0.3, -0.25) is 4.79 Å². The number of thioether (sulfide) groups is 1. The van der Waals surface area contributed by atoms with Gasteiger partial charge in [-0.1, -0.05) is 0 Å². The quantitative estimate of drug-likeness (QED) is 0.553. The van der Waals surface area contributed by atoms with E-state index in [1.807, 2.05) is 32.2 Å². The van der Waals surface area contributed by atoms with Crippen molar-refractivity contribution >= 4 is 39.1 Å². The molecule has 0 radical (unpaired) electrons. The second kappa shape index (κ2) is 8.20. The maximum Gasteiger partial charge on any atom is 0.272 e. The lowest BCUT2D eigenvalue weighted by molar-refractivity contribution is -0.126. The average molecular weight is 369 g/mol. The topological polar surface area (TPSA) is 59.6 Å². The number of carbonyl (C=O) groups excluding carboxylic acids is 1. The molecule has 0 fully saturated rings. The van der Waals surface area contributed by atoms with E-state index in [9.17, 15) is 4.79 Å². The summed E-state index contributed by atoms with van der Waals surface area (Å²) in [5, 5.41) is 6.18. The maximum absolute atomic E-state index is 12.5. The van der Waals surface area contributed by atoms with Gasteiger partial charge in [0.1, 0.15) is 5.75 Å². The van der Waals surface area contributed by atoms with E-state index < -0.39 is 11.0 Å². The molecule has 5 nitrogen and oxygen atoms in total. The normalized spacial score (nSPS) is 13.0. The van der Waals surface area contributed by atoms with Gasteiger partial charge in [0.2, 0.25) is 5.44 Å². The number of amides is 1. The summed E-state index contributed by atoms with van der Waals surface area (Å²) < 4.78 is 7.19. The van der Waals surface area contributed by atoms with Gasteiger partial charge in [-0.25, -0.2) is 5.48 Å². The Morgan fingerprint density at radius 1 is 1.42 bits per heavy atom. The van der Waals surface area contributed by atoms with E-state index >= 15 is 0 Å². The van der Waals surface area contributed by atoms with Crippen LogP contribution in [0.2, 0.25) is 0 Å². The molecule has 7 heteroatoms. The Hall–Kier alpha value is -1.28. The molecular weight excluding hydrogens is 344 g/mol. The lowest BCUT2D eigenvalue weighted by Crippen LogP contribution is -2.53. The number of fused-ring (bicyclic) bond motifs is 1. The zero-order valence-electron chi connectivity index (χ0n) is 14.6. The summed E-state index contributed by atoms with van der Waals surface area (Å²) in [4.78, 5) is 17.4. The largest absolute Gasteiger partial charge is 0.470 e. The van der Waals surface area contributed by atoms with E-state index in [-0.39, 0.29) is 5.91 Å². The van der Waals surface area contributed by atoms with Crippen LogP contribution in [-0.2, 0) is 9.63 Å². The predicted octanol–water partition coefficient (Wildman–Crippen LogP) is 3.32. The highest BCUT2D eigenvalue weighted by Gasteiger charge is 2.27. The summed E-state index contributed by atoms with van der Waals surface area (Å²) in [5.41, 5.74) is 2.86. The van der Waals surface area contributed by atoms with E-state index in [0.29, 0.717) is 12.3 Å². The van der Waals surface area contributed by atoms with Crippen LogP contribution in [0.1, 0.15) is 19.4 Å². The number of hydrogen-bond acceptors (Lipinski definition) is 6. The lowest BCUT2D eigenvalue weighted by atomic mass is 10.1. The number of rotatable bonds is 8. The van der Waals surface area contributed by atoms with Crippen LogP contribution >= 0.6 is 23.1 Å². The van der Waals surface area contributed by atoms with Crippen LogP contribution in [0.3, 0.4) is 0 Å². The Kier molecular flexibility index (Phi) is 6.51. The molecule has 1 aromatic heterocycles. The highest BCUT2D eigenvalue weighted by atomic mass is 32.2. The number of ether oxygens (including phenoxy) is 1. The molecule has 1 aromatic carbocycles. The van der Waals surface area contributed by atoms with Crippen LogP contribution in [-0.4, -0.2) is 36.8 Å². The summed E-state index contributed by atoms with van der Waals surface area (Å²) in [7, 11) is 1.55. The Labute approximate surface area is 151 Å². The van der Waals surface area contributed by atoms with Crippen molar-refractivity contribution in [2.75, 3.05) is 19.9 Å². The van der Waals surface area contributed by atoms with Crippen LogP contribution in [0.5, 0.6) is 5.75 Å². The summed E-state index contributed by atoms with van der Waals surface area (Å²) in [6.45, 7) is 6.40. The molecule has 2 rings (SSSR count). The number of benzene rings is 1. The number of carbonyl (C=O) groups is 1. The van der Waals surface area contributed by atoms with Crippen molar-refractivity contribution in [2.24, 2.45) is 0 Å². The molecule has 1 heterocycles. The van der Waals surface area contributed by atoms with Crippen molar-refractivity contribution in [3.05, 3.63) is 29.1 Å². The van der Waals surface area contributed by atoms with Crippen LogP contribution in [0, 0.1) is 6.92 Å². The third kappa shape index (κ3) is 4.86. The van der Waals surface area contributed by atoms with Crippen LogP contribution in [0.15, 0.2) is 23.6 Å². The summed E-state index contributed by atoms with van der Waals surface area (Å²) in [5.74, 6) is 0.550. The van der Waals surface area contributed by atoms with E-state index in [2.05, 4.69) is 29.2 Å². The van der Waals surface area contributed by atoms with Gasteiger partial charge in [-0.2, -0.15) is 0 Å². The Morgan fingerprint density at radius 2 is 2.17 bits per heavy atom. The molecule has 0 saturated carbocycles. The summed E-state index contributed by atoms with van der Waals surface area (Å²) >= 11 is 3.08. The molecule has 1 unspecified atom stereocenters. The summed E-state index contributed by atoms with van der Waals surface area (Å²) in [6, 6.07) is 6.02. The third-order valence-corrected chi connectivity index (χ3v) is 5.31.